The van der Waals surface area contributed by atoms with E-state index in [0.29, 0.717) is 10.9 Å². The van der Waals surface area contributed by atoms with Gasteiger partial charge in [-0.1, -0.05) is 12.2 Å². The summed E-state index contributed by atoms with van der Waals surface area (Å²) in [7, 11) is 0. The molecule has 0 unspecified atom stereocenters. The third kappa shape index (κ3) is 2.64. The van der Waals surface area contributed by atoms with Gasteiger partial charge in [0.25, 0.3) is 0 Å². The summed E-state index contributed by atoms with van der Waals surface area (Å²) in [6, 6.07) is 0. The van der Waals surface area contributed by atoms with E-state index in [2.05, 4.69) is 22.9 Å². The van der Waals surface area contributed by atoms with Gasteiger partial charge in [-0.3, -0.25) is 0 Å². The summed E-state index contributed by atoms with van der Waals surface area (Å²) in [4.78, 5) is 4.05. The van der Waals surface area contributed by atoms with Gasteiger partial charge in [-0.25, -0.2) is 4.98 Å². The Morgan fingerprint density at radius 3 is 3.20 bits per heavy atom. The first kappa shape index (κ1) is 7.97. The molecule has 0 saturated carbocycles. The molecule has 0 aliphatic carbocycles. The van der Waals surface area contributed by atoms with E-state index in [1.807, 2.05) is 5.38 Å². The zero-order chi connectivity index (χ0) is 7.40. The topological polar surface area (TPSA) is 24.9 Å². The Kier molecular flexibility index (Phi) is 3.11. The van der Waals surface area contributed by atoms with Crippen molar-refractivity contribution in [3.8, 4) is 0 Å². The highest BCUT2D eigenvalue weighted by molar-refractivity contribution is 8.11. The van der Waals surface area contributed by atoms with Crippen molar-refractivity contribution in [2.45, 2.75) is 6.54 Å². The smallest absolute Gasteiger partial charge is 0.131 e. The van der Waals surface area contributed by atoms with Gasteiger partial charge in [-0.2, -0.15) is 0 Å². The number of aromatic nitrogens is 1. The molecule has 0 aromatic carbocycles. The zero-order valence-electron chi connectivity index (χ0n) is 5.07. The number of thiazole rings is 1. The van der Waals surface area contributed by atoms with Crippen molar-refractivity contribution < 1.29 is 0 Å². The molecule has 1 rings (SSSR count). The summed E-state index contributed by atoms with van der Waals surface area (Å²) in [5, 5.41) is 5.85. The highest BCUT2D eigenvalue weighted by atomic mass is 32.1. The molecule has 54 valence electrons. The lowest BCUT2D eigenvalue weighted by Crippen LogP contribution is -2.14. The van der Waals surface area contributed by atoms with Crippen LogP contribution in [0.25, 0.3) is 0 Å². The summed E-state index contributed by atoms with van der Waals surface area (Å²) in [6.45, 7) is 0.681. The second-order valence-corrected chi connectivity index (χ2v) is 3.72. The molecule has 0 saturated heterocycles. The van der Waals surface area contributed by atoms with Gasteiger partial charge in [0.05, 0.1) is 6.54 Å². The molecule has 0 fully saturated rings. The first-order valence-corrected chi connectivity index (χ1v) is 4.37. The van der Waals surface area contributed by atoms with Crippen LogP contribution in [0, 0.1) is 0 Å². The minimum Gasteiger partial charge on any atom is -0.365 e. The molecular formula is C5H6N2S3. The van der Waals surface area contributed by atoms with Gasteiger partial charge in [0.1, 0.15) is 9.33 Å². The van der Waals surface area contributed by atoms with E-state index in [0.717, 1.165) is 5.01 Å². The van der Waals surface area contributed by atoms with Crippen molar-refractivity contribution in [1.29, 1.82) is 0 Å². The normalized spacial score (nSPS) is 9.30. The molecule has 0 aliphatic rings. The number of thiocarbonyl (C=S) groups is 1. The average molecular weight is 190 g/mol. The zero-order valence-corrected chi connectivity index (χ0v) is 7.60. The van der Waals surface area contributed by atoms with Crippen LogP contribution in [0.2, 0.25) is 0 Å². The van der Waals surface area contributed by atoms with Crippen LogP contribution in [0.5, 0.6) is 0 Å². The van der Waals surface area contributed by atoms with Gasteiger partial charge in [0.2, 0.25) is 0 Å². The molecule has 1 aromatic rings. The highest BCUT2D eigenvalue weighted by Gasteiger charge is 1.93. The largest absolute Gasteiger partial charge is 0.365 e. The van der Waals surface area contributed by atoms with Crippen LogP contribution >= 0.6 is 36.2 Å². The van der Waals surface area contributed by atoms with Crippen molar-refractivity contribution in [3.05, 3.63) is 16.6 Å². The molecule has 0 spiro atoms. The van der Waals surface area contributed by atoms with Crippen LogP contribution in [0.1, 0.15) is 5.01 Å². The minimum absolute atomic E-state index is 0.509. The van der Waals surface area contributed by atoms with E-state index >= 15 is 0 Å². The molecule has 0 atom stereocenters. The van der Waals surface area contributed by atoms with Crippen LogP contribution in [-0.4, -0.2) is 9.30 Å². The van der Waals surface area contributed by atoms with Crippen LogP contribution in [0.4, 0.5) is 0 Å². The highest BCUT2D eigenvalue weighted by Crippen LogP contribution is 2.02. The van der Waals surface area contributed by atoms with E-state index < -0.39 is 0 Å². The molecule has 10 heavy (non-hydrogen) atoms. The summed E-state index contributed by atoms with van der Waals surface area (Å²) in [5.74, 6) is 0. The minimum atomic E-state index is 0.509. The van der Waals surface area contributed by atoms with Gasteiger partial charge in [-0.15, -0.1) is 24.0 Å². The number of rotatable bonds is 2. The number of nitrogens with zero attached hydrogens (tertiary/aromatic N) is 1. The Morgan fingerprint density at radius 1 is 1.90 bits per heavy atom. The van der Waals surface area contributed by atoms with Crippen molar-refractivity contribution in [2.24, 2.45) is 0 Å². The van der Waals surface area contributed by atoms with Gasteiger partial charge < -0.3 is 5.32 Å². The van der Waals surface area contributed by atoms with Crippen molar-refractivity contribution >= 4 is 40.5 Å². The molecule has 1 N–H and O–H groups in total. The Hall–Kier alpha value is -0.130. The number of nitrogens with one attached hydrogen (secondary N) is 1. The third-order valence-electron chi connectivity index (χ3n) is 0.874. The maximum Gasteiger partial charge on any atom is 0.131 e. The van der Waals surface area contributed by atoms with E-state index in [-0.39, 0.29) is 0 Å². The molecule has 5 heteroatoms. The number of hydrogen-bond donors (Lipinski definition) is 2. The van der Waals surface area contributed by atoms with Gasteiger partial charge in [-0.05, 0) is 0 Å². The lowest BCUT2D eigenvalue weighted by molar-refractivity contribution is 0.924. The standard InChI is InChI=1S/C5H6N2S3/c8-5(9)7-3-4-6-1-2-10-4/h1-2H,3H2,(H2,7,8,9). The lowest BCUT2D eigenvalue weighted by atomic mass is 10.7. The van der Waals surface area contributed by atoms with E-state index in [1.165, 1.54) is 0 Å². The molecule has 0 radical (unpaired) electrons. The number of thiol groups is 1. The molecule has 0 bridgehead atoms. The van der Waals surface area contributed by atoms with Crippen molar-refractivity contribution in [1.82, 2.24) is 10.3 Å². The second-order valence-electron chi connectivity index (χ2n) is 1.58. The van der Waals surface area contributed by atoms with Crippen LogP contribution in [0.15, 0.2) is 11.6 Å². The number of hydrogen-bond acceptors (Lipinski definition) is 3. The summed E-state index contributed by atoms with van der Waals surface area (Å²) >= 11 is 10.2. The molecular weight excluding hydrogens is 184 g/mol. The summed E-state index contributed by atoms with van der Waals surface area (Å²) in [6.07, 6.45) is 1.77. The summed E-state index contributed by atoms with van der Waals surface area (Å²) < 4.78 is 0.509. The Bertz CT molecular complexity index is 207. The Labute approximate surface area is 74.1 Å². The SMILES string of the molecule is S=C(S)NCc1nccs1. The maximum atomic E-state index is 4.70. The van der Waals surface area contributed by atoms with E-state index in [1.54, 1.807) is 17.5 Å². The van der Waals surface area contributed by atoms with Crippen LogP contribution < -0.4 is 5.32 Å². The molecule has 2 nitrogen and oxygen atoms in total. The fourth-order valence-corrected chi connectivity index (χ4v) is 1.20. The van der Waals surface area contributed by atoms with Gasteiger partial charge >= 0.3 is 0 Å². The van der Waals surface area contributed by atoms with Crippen molar-refractivity contribution in [2.75, 3.05) is 0 Å². The third-order valence-corrected chi connectivity index (χ3v) is 1.96. The fraction of sp³-hybridized carbons (Fsp3) is 0.200. The maximum absolute atomic E-state index is 4.70. The van der Waals surface area contributed by atoms with E-state index in [4.69, 9.17) is 12.2 Å². The lowest BCUT2D eigenvalue weighted by Gasteiger charge is -1.96. The van der Waals surface area contributed by atoms with Crippen molar-refractivity contribution in [3.63, 3.8) is 0 Å². The van der Waals surface area contributed by atoms with Crippen LogP contribution in [0.3, 0.4) is 0 Å². The average Bonchev–Trinajstić information content (AvgIpc) is 2.34. The monoisotopic (exact) mass is 190 g/mol. The van der Waals surface area contributed by atoms with Gasteiger partial charge in [0, 0.05) is 11.6 Å². The summed E-state index contributed by atoms with van der Waals surface area (Å²) in [5.41, 5.74) is 0. The first-order valence-electron chi connectivity index (χ1n) is 2.64. The predicted molar refractivity (Wildman–Crippen MR) is 50.5 cm³/mol. The molecule has 1 heterocycles. The molecule has 1 aromatic heterocycles. The van der Waals surface area contributed by atoms with Crippen LogP contribution in [-0.2, 0) is 6.54 Å². The predicted octanol–water partition coefficient (Wildman–Crippen LogP) is 1.45. The quantitative estimate of drug-likeness (QED) is 0.545. The second kappa shape index (κ2) is 3.90. The molecule has 0 amide bonds. The molecule has 0 aliphatic heterocycles. The fourth-order valence-electron chi connectivity index (χ4n) is 0.491. The Morgan fingerprint density at radius 2 is 2.70 bits per heavy atom. The first-order chi connectivity index (χ1) is 4.79. The Balaban J connectivity index is 2.35. The van der Waals surface area contributed by atoms with E-state index in [9.17, 15) is 0 Å². The van der Waals surface area contributed by atoms with Gasteiger partial charge in [0.15, 0.2) is 0 Å².